The number of nitrogens with one attached hydrogen (secondary N) is 2. The van der Waals surface area contributed by atoms with E-state index in [4.69, 9.17) is 34.8 Å². The number of H-pyrrole nitrogens is 1. The molecular weight excluding hydrogens is 347 g/mol. The molecular formula is C14H13Cl3N4O. The summed E-state index contributed by atoms with van der Waals surface area (Å²) in [5, 5.41) is 5.07. The molecule has 1 heterocycles. The molecule has 0 aliphatic rings. The summed E-state index contributed by atoms with van der Waals surface area (Å²) in [4.78, 5) is 18.4. The molecule has 0 fully saturated rings. The van der Waals surface area contributed by atoms with E-state index in [-0.39, 0.29) is 17.4 Å². The van der Waals surface area contributed by atoms with Gasteiger partial charge in [-0.15, -0.1) is 0 Å². The third-order valence-electron chi connectivity index (χ3n) is 2.80. The highest BCUT2D eigenvalue weighted by molar-refractivity contribution is 6.45. The van der Waals surface area contributed by atoms with Crippen LogP contribution in [0.15, 0.2) is 28.1 Å². The first-order chi connectivity index (χ1) is 10.4. The molecule has 0 unspecified atom stereocenters. The number of rotatable bonds is 4. The summed E-state index contributed by atoms with van der Waals surface area (Å²) in [5.41, 5.74) is 3.54. The molecule has 22 heavy (non-hydrogen) atoms. The monoisotopic (exact) mass is 358 g/mol. The zero-order valence-electron chi connectivity index (χ0n) is 11.8. The minimum atomic E-state index is -0.254. The third kappa shape index (κ3) is 4.00. The molecule has 0 amide bonds. The minimum absolute atomic E-state index is 0.128. The number of hydrogen-bond donors (Lipinski definition) is 2. The molecule has 8 heteroatoms. The second-order valence-electron chi connectivity index (χ2n) is 4.80. The first kappa shape index (κ1) is 16.8. The van der Waals surface area contributed by atoms with Gasteiger partial charge >= 0.3 is 0 Å². The van der Waals surface area contributed by atoms with Gasteiger partial charge in [-0.25, -0.2) is 10.4 Å². The van der Waals surface area contributed by atoms with Gasteiger partial charge in [0.2, 0.25) is 5.95 Å². The Morgan fingerprint density at radius 1 is 1.27 bits per heavy atom. The zero-order valence-corrected chi connectivity index (χ0v) is 14.1. The van der Waals surface area contributed by atoms with Gasteiger partial charge in [-0.05, 0) is 18.1 Å². The maximum Gasteiger partial charge on any atom is 0.252 e. The van der Waals surface area contributed by atoms with Crippen LogP contribution < -0.4 is 11.0 Å². The van der Waals surface area contributed by atoms with Crippen LogP contribution in [0.5, 0.6) is 0 Å². The van der Waals surface area contributed by atoms with Crippen molar-refractivity contribution in [1.29, 1.82) is 0 Å². The van der Waals surface area contributed by atoms with Crippen molar-refractivity contribution < 1.29 is 0 Å². The lowest BCUT2D eigenvalue weighted by Gasteiger charge is -2.06. The lowest BCUT2D eigenvalue weighted by atomic mass is 10.1. The second kappa shape index (κ2) is 7.13. The fourth-order valence-corrected chi connectivity index (χ4v) is 2.28. The summed E-state index contributed by atoms with van der Waals surface area (Å²) in [7, 11) is 0. The van der Waals surface area contributed by atoms with E-state index in [0.717, 1.165) is 0 Å². The Labute approximate surface area is 142 Å². The SMILES string of the molecule is CC(C)c1cc(=O)[nH]c(N/N=C\c2c(Cl)ccc(Cl)c2Cl)n1. The van der Waals surface area contributed by atoms with Crippen molar-refractivity contribution in [2.45, 2.75) is 19.8 Å². The largest absolute Gasteiger partial charge is 0.291 e. The standard InChI is InChI=1S/C14H13Cl3N4O/c1-7(2)11-5-12(22)20-14(19-11)21-18-6-8-9(15)3-4-10(16)13(8)17/h3-7H,1-2H3,(H2,19,20,21,22)/b18-6-. The zero-order chi connectivity index (χ0) is 16.3. The van der Waals surface area contributed by atoms with Crippen molar-refractivity contribution in [1.82, 2.24) is 9.97 Å². The smallest absolute Gasteiger partial charge is 0.252 e. The van der Waals surface area contributed by atoms with E-state index in [1.54, 1.807) is 12.1 Å². The van der Waals surface area contributed by atoms with Gasteiger partial charge in [-0.2, -0.15) is 5.10 Å². The normalized spacial score (nSPS) is 11.4. The summed E-state index contributed by atoms with van der Waals surface area (Å²) in [6.45, 7) is 3.89. The van der Waals surface area contributed by atoms with Gasteiger partial charge in [0.1, 0.15) is 0 Å². The Hall–Kier alpha value is -1.56. The lowest BCUT2D eigenvalue weighted by Crippen LogP contribution is -2.12. The minimum Gasteiger partial charge on any atom is -0.291 e. The average molecular weight is 360 g/mol. The first-order valence-electron chi connectivity index (χ1n) is 6.42. The summed E-state index contributed by atoms with van der Waals surface area (Å²) >= 11 is 18.0. The predicted molar refractivity (Wildman–Crippen MR) is 91.6 cm³/mol. The van der Waals surface area contributed by atoms with Gasteiger partial charge in [0.05, 0.1) is 27.0 Å². The van der Waals surface area contributed by atoms with E-state index in [1.807, 2.05) is 13.8 Å². The van der Waals surface area contributed by atoms with Crippen LogP contribution in [0.25, 0.3) is 0 Å². The summed E-state index contributed by atoms with van der Waals surface area (Å²) in [5.74, 6) is 0.366. The first-order valence-corrected chi connectivity index (χ1v) is 7.55. The van der Waals surface area contributed by atoms with Crippen molar-refractivity contribution >= 4 is 47.0 Å². The van der Waals surface area contributed by atoms with Crippen LogP contribution in [0.3, 0.4) is 0 Å². The summed E-state index contributed by atoms with van der Waals surface area (Å²) in [6.07, 6.45) is 1.42. The molecule has 2 rings (SSSR count). The molecule has 5 nitrogen and oxygen atoms in total. The molecule has 116 valence electrons. The number of halogens is 3. The molecule has 1 aromatic carbocycles. The van der Waals surface area contributed by atoms with Crippen molar-refractivity contribution in [3.05, 3.63) is 54.9 Å². The van der Waals surface area contributed by atoms with Gasteiger partial charge in [-0.1, -0.05) is 48.7 Å². The third-order valence-corrected chi connectivity index (χ3v) is 3.95. The number of anilines is 1. The fraction of sp³-hybridized carbons (Fsp3) is 0.214. The Bertz CT molecular complexity index is 771. The van der Waals surface area contributed by atoms with Crippen LogP contribution in [-0.2, 0) is 0 Å². The van der Waals surface area contributed by atoms with E-state index < -0.39 is 0 Å². The molecule has 0 aliphatic heterocycles. The number of nitrogens with zero attached hydrogens (tertiary/aromatic N) is 2. The lowest BCUT2D eigenvalue weighted by molar-refractivity contribution is 0.810. The number of hydrogen-bond acceptors (Lipinski definition) is 4. The van der Waals surface area contributed by atoms with E-state index in [9.17, 15) is 4.79 Å². The van der Waals surface area contributed by atoms with Crippen LogP contribution >= 0.6 is 34.8 Å². The van der Waals surface area contributed by atoms with Gasteiger partial charge < -0.3 is 0 Å². The number of aromatic nitrogens is 2. The van der Waals surface area contributed by atoms with Gasteiger partial charge in [0.15, 0.2) is 0 Å². The highest BCUT2D eigenvalue weighted by Gasteiger charge is 2.08. The van der Waals surface area contributed by atoms with Crippen LogP contribution in [0.4, 0.5) is 5.95 Å². The molecule has 0 aliphatic carbocycles. The number of benzene rings is 1. The average Bonchev–Trinajstić information content (AvgIpc) is 2.46. The number of hydrazone groups is 1. The molecule has 2 N–H and O–H groups in total. The Morgan fingerprint density at radius 3 is 2.64 bits per heavy atom. The van der Waals surface area contributed by atoms with E-state index in [2.05, 4.69) is 20.5 Å². The predicted octanol–water partition coefficient (Wildman–Crippen LogP) is 4.30. The molecule has 2 aromatic rings. The maximum absolute atomic E-state index is 11.6. The van der Waals surface area contributed by atoms with Crippen molar-refractivity contribution in [3.8, 4) is 0 Å². The molecule has 1 aromatic heterocycles. The van der Waals surface area contributed by atoms with E-state index >= 15 is 0 Å². The molecule has 0 radical (unpaired) electrons. The Balaban J connectivity index is 2.24. The topological polar surface area (TPSA) is 70.1 Å². The molecule has 0 bridgehead atoms. The van der Waals surface area contributed by atoms with Crippen molar-refractivity contribution in [3.63, 3.8) is 0 Å². The van der Waals surface area contributed by atoms with Crippen molar-refractivity contribution in [2.24, 2.45) is 5.10 Å². The van der Waals surface area contributed by atoms with Crippen molar-refractivity contribution in [2.75, 3.05) is 5.43 Å². The highest BCUT2D eigenvalue weighted by atomic mass is 35.5. The Kier molecular flexibility index (Phi) is 5.45. The van der Waals surface area contributed by atoms with Gasteiger partial charge in [0, 0.05) is 11.6 Å². The molecule has 0 spiro atoms. The summed E-state index contributed by atoms with van der Waals surface area (Å²) < 4.78 is 0. The highest BCUT2D eigenvalue weighted by Crippen LogP contribution is 2.30. The molecule has 0 saturated carbocycles. The van der Waals surface area contributed by atoms with Crippen LogP contribution in [0, 0.1) is 0 Å². The van der Waals surface area contributed by atoms with Gasteiger partial charge in [-0.3, -0.25) is 9.78 Å². The van der Waals surface area contributed by atoms with E-state index in [0.29, 0.717) is 26.3 Å². The number of aromatic amines is 1. The molecule has 0 saturated heterocycles. The second-order valence-corrected chi connectivity index (χ2v) is 5.99. The van der Waals surface area contributed by atoms with Crippen LogP contribution in [0.1, 0.15) is 31.0 Å². The fourth-order valence-electron chi connectivity index (χ4n) is 1.64. The van der Waals surface area contributed by atoms with Gasteiger partial charge in [0.25, 0.3) is 5.56 Å². The summed E-state index contributed by atoms with van der Waals surface area (Å²) in [6, 6.07) is 4.67. The quantitative estimate of drug-likeness (QED) is 0.486. The van der Waals surface area contributed by atoms with E-state index in [1.165, 1.54) is 12.3 Å². The van der Waals surface area contributed by atoms with Crippen LogP contribution in [0.2, 0.25) is 15.1 Å². The maximum atomic E-state index is 11.6. The molecule has 0 atom stereocenters. The Morgan fingerprint density at radius 2 is 1.95 bits per heavy atom. The van der Waals surface area contributed by atoms with Crippen LogP contribution in [-0.4, -0.2) is 16.2 Å².